The average Bonchev–Trinajstić information content (AvgIpc) is 3.42. The van der Waals surface area contributed by atoms with Crippen LogP contribution >= 0.6 is 0 Å². The first-order chi connectivity index (χ1) is 13.7. The van der Waals surface area contributed by atoms with E-state index in [-0.39, 0.29) is 5.91 Å². The SMILES string of the molecule is Cn1cc(CNC(=O)C2=Nc3cc4c(cc3C2)CN=C4c2ccncc2)cn1. The lowest BCUT2D eigenvalue weighted by Gasteiger charge is -2.06. The second-order valence-electron chi connectivity index (χ2n) is 6.98. The Balaban J connectivity index is 1.36. The number of rotatable bonds is 4. The summed E-state index contributed by atoms with van der Waals surface area (Å²) in [6.07, 6.45) is 7.72. The van der Waals surface area contributed by atoms with E-state index in [4.69, 9.17) is 0 Å². The van der Waals surface area contributed by atoms with Crippen LogP contribution in [0.5, 0.6) is 0 Å². The monoisotopic (exact) mass is 370 g/mol. The summed E-state index contributed by atoms with van der Waals surface area (Å²) in [5, 5.41) is 7.04. The zero-order valence-electron chi connectivity index (χ0n) is 15.4. The Morgan fingerprint density at radius 1 is 1.21 bits per heavy atom. The molecular weight excluding hydrogens is 352 g/mol. The third-order valence-corrected chi connectivity index (χ3v) is 5.01. The summed E-state index contributed by atoms with van der Waals surface area (Å²) in [6.45, 7) is 1.10. The van der Waals surface area contributed by atoms with Crippen molar-refractivity contribution < 1.29 is 4.79 Å². The highest BCUT2D eigenvalue weighted by molar-refractivity contribution is 6.41. The zero-order chi connectivity index (χ0) is 19.1. The van der Waals surface area contributed by atoms with Crippen LogP contribution in [-0.2, 0) is 31.4 Å². The number of benzene rings is 1. The number of aryl methyl sites for hydroxylation is 1. The van der Waals surface area contributed by atoms with E-state index in [1.54, 1.807) is 23.3 Å². The summed E-state index contributed by atoms with van der Waals surface area (Å²) in [6, 6.07) is 8.11. The van der Waals surface area contributed by atoms with Gasteiger partial charge in [0.1, 0.15) is 5.71 Å². The normalized spacial score (nSPS) is 14.3. The van der Waals surface area contributed by atoms with Crippen molar-refractivity contribution in [2.75, 3.05) is 0 Å². The van der Waals surface area contributed by atoms with E-state index >= 15 is 0 Å². The van der Waals surface area contributed by atoms with Gasteiger partial charge in [0.15, 0.2) is 0 Å². The molecule has 0 saturated carbocycles. The minimum atomic E-state index is -0.136. The van der Waals surface area contributed by atoms with Gasteiger partial charge in [-0.1, -0.05) is 6.07 Å². The van der Waals surface area contributed by atoms with Crippen LogP contribution in [0.3, 0.4) is 0 Å². The summed E-state index contributed by atoms with van der Waals surface area (Å²) in [5.41, 5.74) is 7.72. The molecule has 4 heterocycles. The van der Waals surface area contributed by atoms with Gasteiger partial charge < -0.3 is 5.32 Å². The van der Waals surface area contributed by atoms with Crippen LogP contribution in [0.1, 0.15) is 27.8 Å². The van der Waals surface area contributed by atoms with Crippen LogP contribution in [0.4, 0.5) is 5.69 Å². The molecule has 3 aromatic rings. The summed E-state index contributed by atoms with van der Waals surface area (Å²) >= 11 is 0. The molecule has 0 saturated heterocycles. The van der Waals surface area contributed by atoms with Crippen LogP contribution in [0.15, 0.2) is 59.0 Å². The van der Waals surface area contributed by atoms with Crippen LogP contribution < -0.4 is 5.32 Å². The number of nitrogens with zero attached hydrogens (tertiary/aromatic N) is 5. The second kappa shape index (κ2) is 6.53. The molecule has 1 N–H and O–H groups in total. The Morgan fingerprint density at radius 3 is 2.86 bits per heavy atom. The van der Waals surface area contributed by atoms with Crippen molar-refractivity contribution in [3.05, 3.63) is 76.9 Å². The molecule has 28 heavy (non-hydrogen) atoms. The van der Waals surface area contributed by atoms with Crippen molar-refractivity contribution in [2.24, 2.45) is 17.0 Å². The molecule has 0 spiro atoms. The van der Waals surface area contributed by atoms with Gasteiger partial charge in [0, 0.05) is 55.3 Å². The summed E-state index contributed by atoms with van der Waals surface area (Å²) in [4.78, 5) is 25.9. The van der Waals surface area contributed by atoms with Gasteiger partial charge in [0.05, 0.1) is 24.1 Å². The number of pyridine rings is 1. The summed E-state index contributed by atoms with van der Waals surface area (Å²) < 4.78 is 1.72. The molecule has 0 atom stereocenters. The molecular formula is C21H18N6O. The van der Waals surface area contributed by atoms with E-state index in [9.17, 15) is 4.79 Å². The predicted octanol–water partition coefficient (Wildman–Crippen LogP) is 2.11. The van der Waals surface area contributed by atoms with Gasteiger partial charge in [0.25, 0.3) is 5.91 Å². The van der Waals surface area contributed by atoms with E-state index in [1.165, 1.54) is 5.56 Å². The Hall–Kier alpha value is -3.61. The molecule has 0 unspecified atom stereocenters. The summed E-state index contributed by atoms with van der Waals surface area (Å²) in [7, 11) is 1.85. The lowest BCUT2D eigenvalue weighted by Crippen LogP contribution is -2.30. The largest absolute Gasteiger partial charge is 0.347 e. The molecule has 2 aliphatic heterocycles. The Morgan fingerprint density at radius 2 is 2.07 bits per heavy atom. The number of carbonyl (C=O) groups is 1. The topological polar surface area (TPSA) is 84.5 Å². The van der Waals surface area contributed by atoms with E-state index in [0.29, 0.717) is 25.2 Å². The van der Waals surface area contributed by atoms with Gasteiger partial charge in [-0.3, -0.25) is 19.5 Å². The van der Waals surface area contributed by atoms with E-state index in [0.717, 1.165) is 33.7 Å². The molecule has 2 aromatic heterocycles. The minimum Gasteiger partial charge on any atom is -0.347 e. The van der Waals surface area contributed by atoms with Crippen molar-refractivity contribution >= 4 is 23.0 Å². The van der Waals surface area contributed by atoms with Gasteiger partial charge in [-0.2, -0.15) is 5.10 Å². The van der Waals surface area contributed by atoms with E-state index in [2.05, 4.69) is 37.5 Å². The van der Waals surface area contributed by atoms with Crippen molar-refractivity contribution in [1.82, 2.24) is 20.1 Å². The third-order valence-electron chi connectivity index (χ3n) is 5.01. The lowest BCUT2D eigenvalue weighted by atomic mass is 9.97. The number of fused-ring (bicyclic) bond motifs is 2. The van der Waals surface area contributed by atoms with Crippen molar-refractivity contribution in [3.63, 3.8) is 0 Å². The van der Waals surface area contributed by atoms with Crippen molar-refractivity contribution in [2.45, 2.75) is 19.5 Å². The fourth-order valence-electron chi connectivity index (χ4n) is 3.63. The molecule has 0 bridgehead atoms. The standard InChI is InChI=1S/C21H18N6O/c1-27-12-13(10-25-27)9-24-21(28)19-7-15-6-16-11-23-20(14-2-4-22-5-3-14)17(16)8-18(15)26-19/h2-6,8,10,12H,7,9,11H2,1H3,(H,24,28). The number of aliphatic imine (C=N–C) groups is 2. The van der Waals surface area contributed by atoms with Crippen LogP contribution in [-0.4, -0.2) is 32.1 Å². The highest BCUT2D eigenvalue weighted by Crippen LogP contribution is 2.34. The predicted molar refractivity (Wildman–Crippen MR) is 106 cm³/mol. The molecule has 0 fully saturated rings. The Kier molecular flexibility index (Phi) is 3.86. The first-order valence-corrected chi connectivity index (χ1v) is 9.12. The number of carbonyl (C=O) groups excluding carboxylic acids is 1. The van der Waals surface area contributed by atoms with Crippen LogP contribution in [0.2, 0.25) is 0 Å². The molecule has 5 rings (SSSR count). The average molecular weight is 370 g/mol. The lowest BCUT2D eigenvalue weighted by molar-refractivity contribution is -0.115. The highest BCUT2D eigenvalue weighted by atomic mass is 16.1. The molecule has 1 aromatic carbocycles. The fourth-order valence-corrected chi connectivity index (χ4v) is 3.63. The zero-order valence-corrected chi connectivity index (χ0v) is 15.4. The highest BCUT2D eigenvalue weighted by Gasteiger charge is 2.25. The molecule has 1 amide bonds. The second-order valence-corrected chi connectivity index (χ2v) is 6.98. The molecule has 0 radical (unpaired) electrons. The maximum atomic E-state index is 12.5. The van der Waals surface area contributed by atoms with Crippen LogP contribution in [0.25, 0.3) is 0 Å². The first kappa shape index (κ1) is 16.6. The third kappa shape index (κ3) is 2.90. The van der Waals surface area contributed by atoms with Crippen molar-refractivity contribution in [1.29, 1.82) is 0 Å². The maximum absolute atomic E-state index is 12.5. The smallest absolute Gasteiger partial charge is 0.266 e. The van der Waals surface area contributed by atoms with Crippen molar-refractivity contribution in [3.8, 4) is 0 Å². The Labute approximate surface area is 161 Å². The maximum Gasteiger partial charge on any atom is 0.266 e. The number of nitrogens with one attached hydrogen (secondary N) is 1. The van der Waals surface area contributed by atoms with Gasteiger partial charge in [-0.15, -0.1) is 0 Å². The van der Waals surface area contributed by atoms with Gasteiger partial charge >= 0.3 is 0 Å². The van der Waals surface area contributed by atoms with Gasteiger partial charge in [-0.05, 0) is 29.3 Å². The number of hydrogen-bond acceptors (Lipinski definition) is 5. The number of hydrogen-bond donors (Lipinski definition) is 1. The molecule has 7 nitrogen and oxygen atoms in total. The molecule has 7 heteroatoms. The van der Waals surface area contributed by atoms with Gasteiger partial charge in [0.2, 0.25) is 0 Å². The molecule has 2 aliphatic rings. The summed E-state index contributed by atoms with van der Waals surface area (Å²) in [5.74, 6) is -0.136. The Bertz CT molecular complexity index is 1140. The fraction of sp³-hybridized carbons (Fsp3) is 0.190. The minimum absolute atomic E-state index is 0.136. The molecule has 138 valence electrons. The molecule has 0 aliphatic carbocycles. The van der Waals surface area contributed by atoms with Gasteiger partial charge in [-0.25, -0.2) is 4.99 Å². The number of amides is 1. The number of aromatic nitrogens is 3. The quantitative estimate of drug-likeness (QED) is 0.763. The van der Waals surface area contributed by atoms with E-state index in [1.807, 2.05) is 25.4 Å². The van der Waals surface area contributed by atoms with E-state index < -0.39 is 0 Å². The first-order valence-electron chi connectivity index (χ1n) is 9.12. The van der Waals surface area contributed by atoms with Crippen LogP contribution in [0, 0.1) is 0 Å².